The molecule has 2 rings (SSSR count). The normalized spacial score (nSPS) is 10.2. The van der Waals surface area contributed by atoms with Crippen LogP contribution in [-0.2, 0) is 9.59 Å². The molecule has 0 fully saturated rings. The molecule has 2 aromatic carbocycles. The van der Waals surface area contributed by atoms with E-state index in [1.807, 2.05) is 0 Å². The zero-order valence-corrected chi connectivity index (χ0v) is 14.1. The summed E-state index contributed by atoms with van der Waals surface area (Å²) in [6.45, 7) is 2.85. The minimum Gasteiger partial charge on any atom is -0.326 e. The van der Waals surface area contributed by atoms with Crippen LogP contribution in [0, 0.1) is 5.82 Å². The highest BCUT2D eigenvalue weighted by molar-refractivity contribution is 5.96. The number of halogens is 1. The molecule has 0 unspecified atom stereocenters. The van der Waals surface area contributed by atoms with E-state index in [1.54, 1.807) is 30.3 Å². The molecule has 0 saturated carbocycles. The molecule has 6 heteroatoms. The van der Waals surface area contributed by atoms with Crippen molar-refractivity contribution in [2.45, 2.75) is 20.3 Å². The van der Waals surface area contributed by atoms with Crippen molar-refractivity contribution in [2.24, 2.45) is 0 Å². The van der Waals surface area contributed by atoms with E-state index in [0.29, 0.717) is 11.3 Å². The summed E-state index contributed by atoms with van der Waals surface area (Å²) in [7, 11) is 0. The van der Waals surface area contributed by atoms with Gasteiger partial charge in [-0.05, 0) is 43.3 Å². The second kappa shape index (κ2) is 8.19. The Morgan fingerprint density at radius 1 is 1.00 bits per heavy atom. The Labute approximate surface area is 145 Å². The van der Waals surface area contributed by atoms with Crippen molar-refractivity contribution in [2.75, 3.05) is 16.8 Å². The number of carbonyl (C=O) groups is 3. The molecule has 0 aliphatic rings. The molecule has 0 radical (unpaired) electrons. The molecule has 0 saturated heterocycles. The van der Waals surface area contributed by atoms with E-state index < -0.39 is 5.82 Å². The van der Waals surface area contributed by atoms with E-state index in [2.05, 4.69) is 5.32 Å². The van der Waals surface area contributed by atoms with E-state index in [4.69, 9.17) is 0 Å². The molecule has 0 heterocycles. The van der Waals surface area contributed by atoms with Gasteiger partial charge in [-0.3, -0.25) is 14.4 Å². The van der Waals surface area contributed by atoms with E-state index in [1.165, 1.54) is 36.9 Å². The van der Waals surface area contributed by atoms with Crippen molar-refractivity contribution in [3.63, 3.8) is 0 Å². The highest BCUT2D eigenvalue weighted by Crippen LogP contribution is 2.19. The largest absolute Gasteiger partial charge is 0.326 e. The van der Waals surface area contributed by atoms with Gasteiger partial charge >= 0.3 is 0 Å². The van der Waals surface area contributed by atoms with Crippen LogP contribution < -0.4 is 10.2 Å². The smallest absolute Gasteiger partial charge is 0.226 e. The number of hydrogen-bond donors (Lipinski definition) is 1. The Bertz CT molecular complexity index is 788. The Balaban J connectivity index is 1.98. The number of rotatable bonds is 6. The lowest BCUT2D eigenvalue weighted by atomic mass is 10.1. The number of Topliss-reactive ketones (excluding diaryl/α,β-unsaturated/α-hetero) is 1. The fourth-order valence-corrected chi connectivity index (χ4v) is 2.34. The van der Waals surface area contributed by atoms with Crippen molar-refractivity contribution in [3.05, 3.63) is 59.9 Å². The van der Waals surface area contributed by atoms with Gasteiger partial charge in [0.1, 0.15) is 5.82 Å². The van der Waals surface area contributed by atoms with Gasteiger partial charge in [-0.25, -0.2) is 4.39 Å². The van der Waals surface area contributed by atoms with Gasteiger partial charge in [0.05, 0.1) is 5.69 Å². The predicted octanol–water partition coefficient (Wildman–Crippen LogP) is 3.41. The topological polar surface area (TPSA) is 66.5 Å². The summed E-state index contributed by atoms with van der Waals surface area (Å²) in [5, 5.41) is 2.69. The van der Waals surface area contributed by atoms with E-state index in [9.17, 15) is 18.8 Å². The second-order valence-corrected chi connectivity index (χ2v) is 5.55. The standard InChI is InChI=1S/C19H19FN2O3/c1-13(23)15-7-9-16(10-8-15)21-19(25)11-12-22(14(2)24)18-6-4-3-5-17(18)20/h3-10H,11-12H2,1-2H3,(H,21,25). The summed E-state index contributed by atoms with van der Waals surface area (Å²) in [6, 6.07) is 12.4. The van der Waals surface area contributed by atoms with Gasteiger partial charge in [0.2, 0.25) is 11.8 Å². The lowest BCUT2D eigenvalue weighted by Gasteiger charge is -2.21. The molecule has 130 valence electrons. The summed E-state index contributed by atoms with van der Waals surface area (Å²) >= 11 is 0. The average molecular weight is 342 g/mol. The van der Waals surface area contributed by atoms with E-state index in [-0.39, 0.29) is 36.3 Å². The monoisotopic (exact) mass is 342 g/mol. The van der Waals surface area contributed by atoms with Crippen LogP contribution in [-0.4, -0.2) is 24.1 Å². The fraction of sp³-hybridized carbons (Fsp3) is 0.211. The first kappa shape index (κ1) is 18.3. The zero-order valence-electron chi connectivity index (χ0n) is 14.1. The summed E-state index contributed by atoms with van der Waals surface area (Å²) in [5.74, 6) is -1.22. The van der Waals surface area contributed by atoms with Crippen LogP contribution in [0.5, 0.6) is 0 Å². The van der Waals surface area contributed by atoms with Gasteiger partial charge in [0, 0.05) is 31.1 Å². The second-order valence-electron chi connectivity index (χ2n) is 5.55. The number of para-hydroxylation sites is 1. The van der Waals surface area contributed by atoms with Crippen LogP contribution in [0.4, 0.5) is 15.8 Å². The third-order valence-electron chi connectivity index (χ3n) is 3.66. The molecule has 0 aromatic heterocycles. The predicted molar refractivity (Wildman–Crippen MR) is 94.1 cm³/mol. The Hall–Kier alpha value is -3.02. The molecule has 0 aliphatic carbocycles. The first-order valence-corrected chi connectivity index (χ1v) is 7.82. The van der Waals surface area contributed by atoms with Gasteiger partial charge < -0.3 is 10.2 Å². The molecular weight excluding hydrogens is 323 g/mol. The van der Waals surface area contributed by atoms with Crippen molar-refractivity contribution >= 4 is 29.0 Å². The van der Waals surface area contributed by atoms with Crippen LogP contribution in [0.3, 0.4) is 0 Å². The Kier molecular flexibility index (Phi) is 6.00. The van der Waals surface area contributed by atoms with Gasteiger partial charge in [0.25, 0.3) is 0 Å². The van der Waals surface area contributed by atoms with Crippen LogP contribution in [0.25, 0.3) is 0 Å². The van der Waals surface area contributed by atoms with E-state index in [0.717, 1.165) is 0 Å². The third kappa shape index (κ3) is 4.97. The van der Waals surface area contributed by atoms with Crippen molar-refractivity contribution in [3.8, 4) is 0 Å². The number of anilines is 2. The number of amides is 2. The van der Waals surface area contributed by atoms with Gasteiger partial charge in [0.15, 0.2) is 5.78 Å². The Morgan fingerprint density at radius 2 is 1.64 bits per heavy atom. The first-order chi connectivity index (χ1) is 11.9. The van der Waals surface area contributed by atoms with Crippen LogP contribution in [0.1, 0.15) is 30.6 Å². The van der Waals surface area contributed by atoms with Crippen molar-refractivity contribution in [1.29, 1.82) is 0 Å². The SMILES string of the molecule is CC(=O)c1ccc(NC(=O)CCN(C(C)=O)c2ccccc2F)cc1. The van der Waals surface area contributed by atoms with Crippen molar-refractivity contribution < 1.29 is 18.8 Å². The zero-order chi connectivity index (χ0) is 18.4. The lowest BCUT2D eigenvalue weighted by Crippen LogP contribution is -2.32. The molecule has 25 heavy (non-hydrogen) atoms. The quantitative estimate of drug-likeness (QED) is 0.818. The average Bonchev–Trinajstić information content (AvgIpc) is 2.56. The highest BCUT2D eigenvalue weighted by Gasteiger charge is 2.16. The Morgan fingerprint density at radius 3 is 2.20 bits per heavy atom. The maximum Gasteiger partial charge on any atom is 0.226 e. The molecule has 0 atom stereocenters. The molecule has 0 bridgehead atoms. The summed E-state index contributed by atoms with van der Waals surface area (Å²) < 4.78 is 13.9. The third-order valence-corrected chi connectivity index (χ3v) is 3.66. The minimum atomic E-state index is -0.516. The maximum absolute atomic E-state index is 13.9. The number of nitrogens with one attached hydrogen (secondary N) is 1. The summed E-state index contributed by atoms with van der Waals surface area (Å²) in [6.07, 6.45) is 0.0162. The summed E-state index contributed by atoms with van der Waals surface area (Å²) in [4.78, 5) is 36.3. The number of carbonyl (C=O) groups excluding carboxylic acids is 3. The number of benzene rings is 2. The minimum absolute atomic E-state index is 0.0162. The first-order valence-electron chi connectivity index (χ1n) is 7.82. The maximum atomic E-state index is 13.9. The molecule has 1 N–H and O–H groups in total. The molecular formula is C19H19FN2O3. The molecule has 2 aromatic rings. The summed E-state index contributed by atoms with van der Waals surface area (Å²) in [5.41, 5.74) is 1.25. The highest BCUT2D eigenvalue weighted by atomic mass is 19.1. The number of ketones is 1. The molecule has 0 spiro atoms. The lowest BCUT2D eigenvalue weighted by molar-refractivity contribution is -0.117. The molecule has 2 amide bonds. The van der Waals surface area contributed by atoms with Gasteiger partial charge in [-0.2, -0.15) is 0 Å². The van der Waals surface area contributed by atoms with Crippen LogP contribution in [0.2, 0.25) is 0 Å². The molecule has 5 nitrogen and oxygen atoms in total. The van der Waals surface area contributed by atoms with Gasteiger partial charge in [-0.15, -0.1) is 0 Å². The van der Waals surface area contributed by atoms with Crippen LogP contribution >= 0.6 is 0 Å². The van der Waals surface area contributed by atoms with E-state index >= 15 is 0 Å². The number of nitrogens with zero attached hydrogens (tertiary/aromatic N) is 1. The number of hydrogen-bond acceptors (Lipinski definition) is 3. The van der Waals surface area contributed by atoms with Crippen molar-refractivity contribution in [1.82, 2.24) is 0 Å². The fourth-order valence-electron chi connectivity index (χ4n) is 2.34. The molecule has 0 aliphatic heterocycles. The van der Waals surface area contributed by atoms with Crippen LogP contribution in [0.15, 0.2) is 48.5 Å². The van der Waals surface area contributed by atoms with Gasteiger partial charge in [-0.1, -0.05) is 12.1 Å².